The molecular weight excluding hydrogens is 732 g/mol. The summed E-state index contributed by atoms with van der Waals surface area (Å²) in [6.07, 6.45) is 4.08. The zero-order valence-corrected chi connectivity index (χ0v) is 30.4. The van der Waals surface area contributed by atoms with Crippen LogP contribution in [0, 0.1) is 0 Å². The van der Waals surface area contributed by atoms with Crippen molar-refractivity contribution < 1.29 is 49.0 Å². The molecule has 0 saturated carbocycles. The SMILES string of the molecule is O=C1OC2(c3ccc(O)cc3Oc3cc(OCc4cn(CCCCCO/N=C5\CC(c6ccc(O)cc6)Oc6cc(O)cc(O)c65)nn4)ccc32)c2ccccc21. The van der Waals surface area contributed by atoms with E-state index in [1.807, 2.05) is 24.4 Å². The Hall–Kier alpha value is -7.22. The lowest BCUT2D eigenvalue weighted by Crippen LogP contribution is -2.32. The number of unbranched alkanes of at least 4 members (excludes halogenated alkanes) is 2. The number of benzene rings is 5. The van der Waals surface area contributed by atoms with Crippen LogP contribution < -0.4 is 14.2 Å². The number of ether oxygens (including phenoxy) is 4. The molecule has 1 aromatic heterocycles. The van der Waals surface area contributed by atoms with E-state index in [1.165, 1.54) is 18.2 Å². The first-order chi connectivity index (χ1) is 27.7. The molecule has 3 aliphatic heterocycles. The van der Waals surface area contributed by atoms with Gasteiger partial charge in [-0.05, 0) is 67.3 Å². The number of esters is 1. The van der Waals surface area contributed by atoms with Gasteiger partial charge in [-0.25, -0.2) is 4.79 Å². The van der Waals surface area contributed by atoms with Crippen LogP contribution in [0.5, 0.6) is 46.0 Å². The van der Waals surface area contributed by atoms with Crippen LogP contribution in [0.2, 0.25) is 0 Å². The van der Waals surface area contributed by atoms with Crippen LogP contribution in [0.15, 0.2) is 108 Å². The molecule has 0 amide bonds. The van der Waals surface area contributed by atoms with Crippen molar-refractivity contribution in [3.8, 4) is 46.0 Å². The molecule has 4 N–H and O–H groups in total. The number of aromatic nitrogens is 3. The summed E-state index contributed by atoms with van der Waals surface area (Å²) < 4.78 is 26.3. The summed E-state index contributed by atoms with van der Waals surface area (Å²) >= 11 is 0. The number of carbonyl (C=O) groups is 1. The quantitative estimate of drug-likeness (QED) is 0.0584. The lowest BCUT2D eigenvalue weighted by Gasteiger charge is -2.36. The van der Waals surface area contributed by atoms with E-state index in [4.69, 9.17) is 23.8 Å². The lowest BCUT2D eigenvalue weighted by atomic mass is 9.77. The number of aromatic hydroxyl groups is 4. The van der Waals surface area contributed by atoms with Crippen LogP contribution in [-0.4, -0.2) is 53.7 Å². The predicted octanol–water partition coefficient (Wildman–Crippen LogP) is 7.36. The second-order valence-electron chi connectivity index (χ2n) is 14.0. The smallest absolute Gasteiger partial charge is 0.340 e. The fourth-order valence-electron chi connectivity index (χ4n) is 7.55. The van der Waals surface area contributed by atoms with Gasteiger partial charge in [-0.2, -0.15) is 0 Å². The minimum absolute atomic E-state index is 0.0204. The Labute approximate surface area is 325 Å². The van der Waals surface area contributed by atoms with Crippen LogP contribution in [-0.2, 0) is 28.3 Å². The summed E-state index contributed by atoms with van der Waals surface area (Å²) in [6, 6.07) is 26.7. The Morgan fingerprint density at radius 2 is 1.58 bits per heavy atom. The van der Waals surface area contributed by atoms with E-state index in [9.17, 15) is 25.2 Å². The topological polar surface area (TPSA) is 187 Å². The van der Waals surface area contributed by atoms with Crippen molar-refractivity contribution in [2.75, 3.05) is 6.61 Å². The molecule has 14 nitrogen and oxygen atoms in total. The highest BCUT2D eigenvalue weighted by Crippen LogP contribution is 2.57. The normalized spacial score (nSPS) is 18.1. The van der Waals surface area contributed by atoms with Gasteiger partial charge in [-0.1, -0.05) is 40.7 Å². The number of carbonyl (C=O) groups excluding carboxylic acids is 1. The summed E-state index contributed by atoms with van der Waals surface area (Å²) in [4.78, 5) is 18.7. The molecular formula is C43H36N4O10. The van der Waals surface area contributed by atoms with E-state index in [0.717, 1.165) is 24.8 Å². The Balaban J connectivity index is 0.792. The maximum absolute atomic E-state index is 13.1. The third-order valence-electron chi connectivity index (χ3n) is 10.2. The van der Waals surface area contributed by atoms with Crippen molar-refractivity contribution in [1.82, 2.24) is 15.0 Å². The fraction of sp³-hybridized carbons (Fsp3) is 0.209. The molecule has 2 unspecified atom stereocenters. The van der Waals surface area contributed by atoms with Gasteiger partial charge < -0.3 is 44.2 Å². The number of aryl methyl sites for hydroxylation is 1. The first-order valence-corrected chi connectivity index (χ1v) is 18.5. The molecule has 288 valence electrons. The number of fused-ring (bicyclic) bond motifs is 7. The summed E-state index contributed by atoms with van der Waals surface area (Å²) in [5, 5.41) is 53.4. The van der Waals surface area contributed by atoms with Gasteiger partial charge in [-0.15, -0.1) is 5.10 Å². The summed E-state index contributed by atoms with van der Waals surface area (Å²) in [5.74, 6) is 1.04. The molecule has 0 bridgehead atoms. The third kappa shape index (κ3) is 6.64. The Kier molecular flexibility index (Phi) is 9.00. The molecule has 14 heteroatoms. The first-order valence-electron chi connectivity index (χ1n) is 18.5. The highest BCUT2D eigenvalue weighted by atomic mass is 16.6. The first kappa shape index (κ1) is 35.5. The average molecular weight is 769 g/mol. The van der Waals surface area contributed by atoms with Gasteiger partial charge in [0.2, 0.25) is 0 Å². The number of phenols is 4. The average Bonchev–Trinajstić information content (AvgIpc) is 3.78. The minimum Gasteiger partial charge on any atom is -0.508 e. The minimum atomic E-state index is -1.24. The maximum atomic E-state index is 13.1. The zero-order chi connectivity index (χ0) is 39.1. The second-order valence-corrected chi connectivity index (χ2v) is 14.0. The van der Waals surface area contributed by atoms with Gasteiger partial charge in [0.25, 0.3) is 0 Å². The largest absolute Gasteiger partial charge is 0.508 e. The molecule has 9 rings (SSSR count). The molecule has 2 atom stereocenters. The molecule has 57 heavy (non-hydrogen) atoms. The van der Waals surface area contributed by atoms with Crippen LogP contribution in [0.4, 0.5) is 0 Å². The van der Waals surface area contributed by atoms with Crippen LogP contribution >= 0.6 is 0 Å². The van der Waals surface area contributed by atoms with E-state index in [0.29, 0.717) is 81.8 Å². The maximum Gasteiger partial charge on any atom is 0.340 e. The van der Waals surface area contributed by atoms with Crippen molar-refractivity contribution >= 4 is 11.7 Å². The van der Waals surface area contributed by atoms with E-state index < -0.39 is 17.7 Å². The fourth-order valence-corrected chi connectivity index (χ4v) is 7.55. The summed E-state index contributed by atoms with van der Waals surface area (Å²) in [6.45, 7) is 1.15. The van der Waals surface area contributed by atoms with Crippen LogP contribution in [0.3, 0.4) is 0 Å². The molecule has 3 aliphatic rings. The molecule has 5 aromatic carbocycles. The molecule has 1 spiro atoms. The van der Waals surface area contributed by atoms with E-state index in [-0.39, 0.29) is 29.6 Å². The highest BCUT2D eigenvalue weighted by molar-refractivity contribution is 6.06. The van der Waals surface area contributed by atoms with Gasteiger partial charge in [0.15, 0.2) is 5.60 Å². The molecule has 0 saturated heterocycles. The predicted molar refractivity (Wildman–Crippen MR) is 203 cm³/mol. The molecule has 0 radical (unpaired) electrons. The number of hydrogen-bond acceptors (Lipinski definition) is 13. The van der Waals surface area contributed by atoms with Gasteiger partial charge in [0, 0.05) is 53.9 Å². The van der Waals surface area contributed by atoms with Crippen molar-refractivity contribution in [1.29, 1.82) is 0 Å². The Bertz CT molecular complexity index is 2530. The van der Waals surface area contributed by atoms with Crippen LogP contribution in [0.1, 0.15) is 75.7 Å². The summed E-state index contributed by atoms with van der Waals surface area (Å²) in [7, 11) is 0. The zero-order valence-electron chi connectivity index (χ0n) is 30.4. The van der Waals surface area contributed by atoms with E-state index >= 15 is 0 Å². The van der Waals surface area contributed by atoms with Gasteiger partial charge in [0.1, 0.15) is 71.0 Å². The molecule has 0 aliphatic carbocycles. The Morgan fingerprint density at radius 1 is 0.807 bits per heavy atom. The second kappa shape index (κ2) is 14.5. The monoisotopic (exact) mass is 768 g/mol. The van der Waals surface area contributed by atoms with Crippen molar-refractivity contribution in [2.24, 2.45) is 5.16 Å². The third-order valence-corrected chi connectivity index (χ3v) is 10.2. The molecule has 6 aromatic rings. The lowest BCUT2D eigenvalue weighted by molar-refractivity contribution is 0.0224. The van der Waals surface area contributed by atoms with Crippen molar-refractivity contribution in [3.63, 3.8) is 0 Å². The van der Waals surface area contributed by atoms with Gasteiger partial charge in [0.05, 0.1) is 23.0 Å². The molecule has 0 fully saturated rings. The van der Waals surface area contributed by atoms with Crippen molar-refractivity contribution in [3.05, 3.63) is 142 Å². The highest BCUT2D eigenvalue weighted by Gasteiger charge is 2.53. The number of phenolic OH excluding ortho intramolecular Hbond substituents is 4. The standard InChI is InChI=1S/C43H36N4O10/c48-27-10-8-25(9-11-27)37-22-35(41-36(51)18-29(50)20-40(41)55-37)45-54-17-5-1-4-16-47-23-26(44-46-47)24-53-30-13-15-34-39(21-30)56-38-19-28(49)12-14-33(38)43(34)32-7-3-2-6-31(32)42(52)57-43/h2-3,6-15,18-21,23,37,48-51H,1,4-5,16-17,22,24H2/b45-35+. The number of oxime groups is 1. The van der Waals surface area contributed by atoms with E-state index in [1.54, 1.807) is 65.3 Å². The van der Waals surface area contributed by atoms with Gasteiger partial charge in [-0.3, -0.25) is 4.68 Å². The number of nitrogens with zero attached hydrogens (tertiary/aromatic N) is 4. The summed E-state index contributed by atoms with van der Waals surface area (Å²) in [5.41, 5.74) is 3.49. The Morgan fingerprint density at radius 3 is 2.44 bits per heavy atom. The molecule has 4 heterocycles. The van der Waals surface area contributed by atoms with E-state index in [2.05, 4.69) is 15.5 Å². The van der Waals surface area contributed by atoms with Crippen molar-refractivity contribution in [2.45, 2.75) is 50.5 Å². The number of rotatable bonds is 11. The number of hydrogen-bond donors (Lipinski definition) is 4. The van der Waals surface area contributed by atoms with Crippen LogP contribution in [0.25, 0.3) is 0 Å². The van der Waals surface area contributed by atoms with Gasteiger partial charge >= 0.3 is 5.97 Å².